The summed E-state index contributed by atoms with van der Waals surface area (Å²) in [4.78, 5) is 0. The lowest BCUT2D eigenvalue weighted by atomic mass is 9.71. The van der Waals surface area contributed by atoms with Gasteiger partial charge in [-0.25, -0.2) is 0 Å². The Labute approximate surface area is 96.0 Å². The summed E-state index contributed by atoms with van der Waals surface area (Å²) < 4.78 is 0. The summed E-state index contributed by atoms with van der Waals surface area (Å²) in [6.07, 6.45) is 8.60. The van der Waals surface area contributed by atoms with E-state index >= 15 is 0 Å². The van der Waals surface area contributed by atoms with Gasteiger partial charge in [-0.1, -0.05) is 40.0 Å². The van der Waals surface area contributed by atoms with E-state index in [2.05, 4.69) is 26.1 Å². The molecule has 1 aliphatic rings. The average molecular weight is 211 g/mol. The van der Waals surface area contributed by atoms with Gasteiger partial charge in [-0.3, -0.25) is 0 Å². The zero-order chi connectivity index (χ0) is 11.1. The Bertz CT molecular complexity index is 153. The molecular weight excluding hydrogens is 182 g/mol. The van der Waals surface area contributed by atoms with Crippen molar-refractivity contribution in [1.29, 1.82) is 0 Å². The van der Waals surface area contributed by atoms with E-state index in [4.69, 9.17) is 0 Å². The van der Waals surface area contributed by atoms with Gasteiger partial charge in [0, 0.05) is 0 Å². The number of hydrogen-bond donors (Lipinski definition) is 1. The molecule has 0 aromatic heterocycles. The smallest absolute Gasteiger partial charge is 0.00179 e. The summed E-state index contributed by atoms with van der Waals surface area (Å²) in [5.41, 5.74) is 0. The monoisotopic (exact) mass is 211 g/mol. The van der Waals surface area contributed by atoms with E-state index in [1.807, 2.05) is 0 Å². The first kappa shape index (κ1) is 13.0. The molecule has 0 spiro atoms. The largest absolute Gasteiger partial charge is 0.316 e. The van der Waals surface area contributed by atoms with Crippen LogP contribution >= 0.6 is 0 Å². The lowest BCUT2D eigenvalue weighted by Crippen LogP contribution is -2.35. The van der Waals surface area contributed by atoms with E-state index in [1.54, 1.807) is 0 Å². The third-order valence-corrected chi connectivity index (χ3v) is 3.76. The van der Waals surface area contributed by atoms with Crippen LogP contribution in [0.2, 0.25) is 0 Å². The van der Waals surface area contributed by atoms with Crippen LogP contribution in [0.5, 0.6) is 0 Å². The first-order valence-corrected chi connectivity index (χ1v) is 6.94. The molecule has 1 fully saturated rings. The molecule has 0 bridgehead atoms. The van der Waals surface area contributed by atoms with Crippen LogP contribution in [-0.4, -0.2) is 13.1 Å². The Balaban J connectivity index is 1.99. The molecule has 0 aliphatic heterocycles. The SMILES string of the molecule is CCCNCC1CCC1CCCC(C)C. The second-order valence-corrected chi connectivity index (χ2v) is 5.63. The van der Waals surface area contributed by atoms with E-state index in [9.17, 15) is 0 Å². The van der Waals surface area contributed by atoms with Gasteiger partial charge in [-0.2, -0.15) is 0 Å². The molecule has 15 heavy (non-hydrogen) atoms. The number of hydrogen-bond acceptors (Lipinski definition) is 1. The fraction of sp³-hybridized carbons (Fsp3) is 1.00. The average Bonchev–Trinajstić information content (AvgIpc) is 2.17. The summed E-state index contributed by atoms with van der Waals surface area (Å²) >= 11 is 0. The minimum atomic E-state index is 0.891. The molecule has 1 heteroatoms. The van der Waals surface area contributed by atoms with Crippen LogP contribution in [0, 0.1) is 17.8 Å². The highest BCUT2D eigenvalue weighted by atomic mass is 14.9. The predicted molar refractivity (Wildman–Crippen MR) is 68.1 cm³/mol. The summed E-state index contributed by atoms with van der Waals surface area (Å²) in [5.74, 6) is 2.94. The molecule has 0 saturated heterocycles. The Morgan fingerprint density at radius 2 is 1.93 bits per heavy atom. The van der Waals surface area contributed by atoms with Crippen LogP contribution in [0.25, 0.3) is 0 Å². The van der Waals surface area contributed by atoms with Crippen molar-refractivity contribution in [3.8, 4) is 0 Å². The molecule has 0 amide bonds. The van der Waals surface area contributed by atoms with Crippen molar-refractivity contribution in [3.05, 3.63) is 0 Å². The highest BCUT2D eigenvalue weighted by molar-refractivity contribution is 4.82. The molecule has 0 aromatic rings. The van der Waals surface area contributed by atoms with E-state index < -0.39 is 0 Å². The topological polar surface area (TPSA) is 12.0 Å². The molecule has 2 atom stereocenters. The van der Waals surface area contributed by atoms with Gasteiger partial charge in [0.15, 0.2) is 0 Å². The van der Waals surface area contributed by atoms with Crippen LogP contribution in [-0.2, 0) is 0 Å². The van der Waals surface area contributed by atoms with Gasteiger partial charge in [0.05, 0.1) is 0 Å². The molecule has 0 radical (unpaired) electrons. The molecule has 0 aromatic carbocycles. The third kappa shape index (κ3) is 5.01. The Morgan fingerprint density at radius 1 is 1.20 bits per heavy atom. The fourth-order valence-electron chi connectivity index (χ4n) is 2.54. The van der Waals surface area contributed by atoms with Gasteiger partial charge in [-0.05, 0) is 50.1 Å². The maximum absolute atomic E-state index is 3.57. The first-order valence-electron chi connectivity index (χ1n) is 6.94. The third-order valence-electron chi connectivity index (χ3n) is 3.76. The zero-order valence-corrected chi connectivity index (χ0v) is 10.9. The Kier molecular flexibility index (Phi) is 6.31. The summed E-state index contributed by atoms with van der Waals surface area (Å²) in [7, 11) is 0. The molecule has 1 N–H and O–H groups in total. The molecular formula is C14H29N. The maximum atomic E-state index is 3.57. The minimum Gasteiger partial charge on any atom is -0.316 e. The van der Waals surface area contributed by atoms with Gasteiger partial charge in [0.2, 0.25) is 0 Å². The minimum absolute atomic E-state index is 0.891. The lowest BCUT2D eigenvalue weighted by molar-refractivity contribution is 0.155. The van der Waals surface area contributed by atoms with Gasteiger partial charge in [-0.15, -0.1) is 0 Å². The second-order valence-electron chi connectivity index (χ2n) is 5.63. The number of rotatable bonds is 8. The lowest BCUT2D eigenvalue weighted by Gasteiger charge is -2.37. The Morgan fingerprint density at radius 3 is 2.47 bits per heavy atom. The molecule has 2 unspecified atom stereocenters. The quantitative estimate of drug-likeness (QED) is 0.602. The number of nitrogens with one attached hydrogen (secondary N) is 1. The van der Waals surface area contributed by atoms with E-state index in [1.165, 1.54) is 51.6 Å². The molecule has 0 heterocycles. The molecule has 1 saturated carbocycles. The highest BCUT2D eigenvalue weighted by Crippen LogP contribution is 2.37. The van der Waals surface area contributed by atoms with E-state index in [0.717, 1.165) is 17.8 Å². The van der Waals surface area contributed by atoms with Crippen molar-refractivity contribution in [2.45, 2.75) is 59.3 Å². The molecule has 1 aliphatic carbocycles. The summed E-state index contributed by atoms with van der Waals surface area (Å²) in [6, 6.07) is 0. The van der Waals surface area contributed by atoms with Crippen LogP contribution in [0.1, 0.15) is 59.3 Å². The van der Waals surface area contributed by atoms with Gasteiger partial charge >= 0.3 is 0 Å². The fourth-order valence-corrected chi connectivity index (χ4v) is 2.54. The molecule has 90 valence electrons. The zero-order valence-electron chi connectivity index (χ0n) is 10.9. The molecule has 1 rings (SSSR count). The maximum Gasteiger partial charge on any atom is -0.00179 e. The second kappa shape index (κ2) is 7.27. The van der Waals surface area contributed by atoms with Crippen LogP contribution in [0.15, 0.2) is 0 Å². The van der Waals surface area contributed by atoms with Gasteiger partial charge < -0.3 is 5.32 Å². The van der Waals surface area contributed by atoms with Crippen molar-refractivity contribution >= 4 is 0 Å². The highest BCUT2D eigenvalue weighted by Gasteiger charge is 2.29. The van der Waals surface area contributed by atoms with Gasteiger partial charge in [0.25, 0.3) is 0 Å². The predicted octanol–water partition coefficient (Wildman–Crippen LogP) is 3.84. The van der Waals surface area contributed by atoms with E-state index in [-0.39, 0.29) is 0 Å². The Hall–Kier alpha value is -0.0400. The van der Waals surface area contributed by atoms with Crippen molar-refractivity contribution in [2.24, 2.45) is 17.8 Å². The van der Waals surface area contributed by atoms with Crippen molar-refractivity contribution < 1.29 is 0 Å². The standard InChI is InChI=1S/C14H29N/c1-4-10-15-11-14-9-8-13(14)7-5-6-12(2)3/h12-15H,4-11H2,1-3H3. The van der Waals surface area contributed by atoms with Crippen LogP contribution in [0.3, 0.4) is 0 Å². The van der Waals surface area contributed by atoms with Gasteiger partial charge in [0.1, 0.15) is 0 Å². The van der Waals surface area contributed by atoms with Crippen LogP contribution in [0.4, 0.5) is 0 Å². The van der Waals surface area contributed by atoms with Crippen LogP contribution < -0.4 is 5.32 Å². The summed E-state index contributed by atoms with van der Waals surface area (Å²) in [5, 5.41) is 3.57. The first-order chi connectivity index (χ1) is 7.24. The van der Waals surface area contributed by atoms with Crippen molar-refractivity contribution in [1.82, 2.24) is 5.32 Å². The van der Waals surface area contributed by atoms with Crippen molar-refractivity contribution in [3.63, 3.8) is 0 Å². The summed E-state index contributed by atoms with van der Waals surface area (Å²) in [6.45, 7) is 9.39. The van der Waals surface area contributed by atoms with E-state index in [0.29, 0.717) is 0 Å². The molecule has 1 nitrogen and oxygen atoms in total. The normalized spacial score (nSPS) is 25.6. The van der Waals surface area contributed by atoms with Crippen molar-refractivity contribution in [2.75, 3.05) is 13.1 Å².